The first-order valence-electron chi connectivity index (χ1n) is 8.61. The highest BCUT2D eigenvalue weighted by Gasteiger charge is 2.07. The smallest absolute Gasteiger partial charge is 0.195 e. The predicted molar refractivity (Wildman–Crippen MR) is 106 cm³/mol. The Labute approximate surface area is 155 Å². The summed E-state index contributed by atoms with van der Waals surface area (Å²) in [7, 11) is 5.04. The van der Waals surface area contributed by atoms with Gasteiger partial charge in [0.1, 0.15) is 5.75 Å². The van der Waals surface area contributed by atoms with Gasteiger partial charge in [-0.15, -0.1) is 0 Å². The maximum Gasteiger partial charge on any atom is 0.195 e. The minimum atomic E-state index is 0.595. The Kier molecular flexibility index (Phi) is 7.61. The minimum absolute atomic E-state index is 0.595. The van der Waals surface area contributed by atoms with E-state index in [2.05, 4.69) is 27.8 Å². The molecule has 0 aromatic heterocycles. The fraction of sp³-hybridized carbons (Fsp3) is 0.350. The van der Waals surface area contributed by atoms with E-state index in [4.69, 9.17) is 14.2 Å². The number of ether oxygens (including phenoxy) is 3. The Morgan fingerprint density at radius 1 is 1.00 bits per heavy atom. The van der Waals surface area contributed by atoms with Crippen LogP contribution in [0.1, 0.15) is 12.5 Å². The van der Waals surface area contributed by atoms with Crippen molar-refractivity contribution in [1.29, 1.82) is 0 Å². The Bertz CT molecular complexity index is 715. The molecule has 0 saturated carbocycles. The van der Waals surface area contributed by atoms with Gasteiger partial charge < -0.3 is 24.8 Å². The number of methoxy groups -OCH3 is 2. The normalized spacial score (nSPS) is 11.0. The summed E-state index contributed by atoms with van der Waals surface area (Å²) in [6.07, 6.45) is 0.886. The van der Waals surface area contributed by atoms with E-state index in [-0.39, 0.29) is 0 Å². The first-order valence-corrected chi connectivity index (χ1v) is 8.61. The van der Waals surface area contributed by atoms with E-state index in [9.17, 15) is 0 Å². The van der Waals surface area contributed by atoms with Crippen LogP contribution in [-0.2, 0) is 6.42 Å². The Morgan fingerprint density at radius 2 is 1.77 bits per heavy atom. The maximum absolute atomic E-state index is 5.54. The second-order valence-electron chi connectivity index (χ2n) is 5.52. The molecule has 2 aromatic rings. The molecule has 0 aliphatic heterocycles. The monoisotopic (exact) mass is 357 g/mol. The predicted octanol–water partition coefficient (Wildman–Crippen LogP) is 3.33. The molecule has 0 atom stereocenters. The van der Waals surface area contributed by atoms with E-state index in [0.29, 0.717) is 18.3 Å². The maximum atomic E-state index is 5.54. The van der Waals surface area contributed by atoms with Crippen molar-refractivity contribution in [3.05, 3.63) is 48.0 Å². The fourth-order valence-electron chi connectivity index (χ4n) is 2.45. The highest BCUT2D eigenvalue weighted by Crippen LogP contribution is 2.30. The van der Waals surface area contributed by atoms with Gasteiger partial charge in [-0.2, -0.15) is 0 Å². The molecule has 26 heavy (non-hydrogen) atoms. The lowest BCUT2D eigenvalue weighted by atomic mass is 10.1. The minimum Gasteiger partial charge on any atom is -0.497 e. The summed E-state index contributed by atoms with van der Waals surface area (Å²) in [6, 6.07) is 13.8. The summed E-state index contributed by atoms with van der Waals surface area (Å²) in [5.41, 5.74) is 2.11. The van der Waals surface area contributed by atoms with Crippen LogP contribution in [-0.4, -0.2) is 40.4 Å². The van der Waals surface area contributed by atoms with Crippen LogP contribution in [0.3, 0.4) is 0 Å². The van der Waals surface area contributed by atoms with Crippen LogP contribution in [0.5, 0.6) is 17.2 Å². The van der Waals surface area contributed by atoms with E-state index in [1.807, 2.05) is 37.3 Å². The Morgan fingerprint density at radius 3 is 2.38 bits per heavy atom. The zero-order valence-corrected chi connectivity index (χ0v) is 15.8. The zero-order chi connectivity index (χ0) is 18.8. The lowest BCUT2D eigenvalue weighted by Gasteiger charge is -2.14. The summed E-state index contributed by atoms with van der Waals surface area (Å²) >= 11 is 0. The topological polar surface area (TPSA) is 64.1 Å². The molecule has 0 bridgehead atoms. The number of nitrogens with zero attached hydrogens (tertiary/aromatic N) is 1. The number of guanidine groups is 1. The van der Waals surface area contributed by atoms with E-state index < -0.39 is 0 Å². The third-order valence-electron chi connectivity index (χ3n) is 3.81. The number of benzene rings is 2. The molecule has 2 rings (SSSR count). The summed E-state index contributed by atoms with van der Waals surface area (Å²) in [5, 5.41) is 6.57. The van der Waals surface area contributed by atoms with Crippen molar-refractivity contribution in [2.24, 2.45) is 4.99 Å². The van der Waals surface area contributed by atoms with Crippen LogP contribution in [0.15, 0.2) is 47.5 Å². The van der Waals surface area contributed by atoms with Crippen LogP contribution in [0, 0.1) is 0 Å². The van der Waals surface area contributed by atoms with Gasteiger partial charge in [0.15, 0.2) is 17.5 Å². The van der Waals surface area contributed by atoms with Gasteiger partial charge in [-0.05, 0) is 43.2 Å². The number of anilines is 1. The molecule has 0 amide bonds. The second-order valence-corrected chi connectivity index (χ2v) is 5.52. The first-order chi connectivity index (χ1) is 12.7. The van der Waals surface area contributed by atoms with Crippen molar-refractivity contribution in [3.63, 3.8) is 0 Å². The van der Waals surface area contributed by atoms with Gasteiger partial charge in [0.2, 0.25) is 0 Å². The van der Waals surface area contributed by atoms with E-state index in [1.165, 1.54) is 5.56 Å². The molecular weight excluding hydrogens is 330 g/mol. The van der Waals surface area contributed by atoms with Crippen LogP contribution >= 0.6 is 0 Å². The Balaban J connectivity index is 1.90. The van der Waals surface area contributed by atoms with Gasteiger partial charge in [-0.25, -0.2) is 0 Å². The lowest BCUT2D eigenvalue weighted by molar-refractivity contribution is 0.311. The highest BCUT2D eigenvalue weighted by molar-refractivity contribution is 5.93. The summed E-state index contributed by atoms with van der Waals surface area (Å²) in [5.74, 6) is 2.97. The van der Waals surface area contributed by atoms with Crippen LogP contribution in [0.4, 0.5) is 5.69 Å². The molecule has 2 N–H and O–H groups in total. The fourth-order valence-corrected chi connectivity index (χ4v) is 2.45. The second kappa shape index (κ2) is 10.2. The van der Waals surface area contributed by atoms with Crippen molar-refractivity contribution >= 4 is 11.6 Å². The van der Waals surface area contributed by atoms with Crippen LogP contribution in [0.25, 0.3) is 0 Å². The van der Waals surface area contributed by atoms with Gasteiger partial charge in [0, 0.05) is 25.3 Å². The quantitative estimate of drug-likeness (QED) is 0.560. The average molecular weight is 357 g/mol. The third-order valence-corrected chi connectivity index (χ3v) is 3.81. The van der Waals surface area contributed by atoms with E-state index in [1.54, 1.807) is 21.3 Å². The number of nitrogens with one attached hydrogen (secondary N) is 2. The van der Waals surface area contributed by atoms with Crippen molar-refractivity contribution in [1.82, 2.24) is 5.32 Å². The molecule has 0 fully saturated rings. The molecule has 0 aliphatic rings. The molecule has 6 nitrogen and oxygen atoms in total. The molecule has 6 heteroatoms. The van der Waals surface area contributed by atoms with Crippen molar-refractivity contribution in [2.75, 3.05) is 39.7 Å². The van der Waals surface area contributed by atoms with E-state index >= 15 is 0 Å². The van der Waals surface area contributed by atoms with Gasteiger partial charge in [0.25, 0.3) is 0 Å². The van der Waals surface area contributed by atoms with Gasteiger partial charge in [-0.1, -0.05) is 12.1 Å². The molecule has 0 saturated heterocycles. The highest BCUT2D eigenvalue weighted by atomic mass is 16.5. The van der Waals surface area contributed by atoms with Crippen LogP contribution < -0.4 is 24.8 Å². The molecule has 2 aromatic carbocycles. The summed E-state index contributed by atoms with van der Waals surface area (Å²) < 4.78 is 16.1. The Hall–Kier alpha value is -2.89. The van der Waals surface area contributed by atoms with Crippen LogP contribution in [0.2, 0.25) is 0 Å². The largest absolute Gasteiger partial charge is 0.497 e. The number of aliphatic imine (C=N–C) groups is 1. The molecular formula is C20H27N3O3. The van der Waals surface area contributed by atoms with Gasteiger partial charge in [-0.3, -0.25) is 4.99 Å². The average Bonchev–Trinajstić information content (AvgIpc) is 2.68. The molecule has 140 valence electrons. The van der Waals surface area contributed by atoms with Crippen molar-refractivity contribution < 1.29 is 14.2 Å². The molecule has 0 aliphatic carbocycles. The zero-order valence-electron chi connectivity index (χ0n) is 15.8. The summed E-state index contributed by atoms with van der Waals surface area (Å²) in [6.45, 7) is 3.30. The SMILES string of the molecule is CCOc1ccc(NC(=NC)NCCc2ccc(OC)cc2)cc1OC. The van der Waals surface area contributed by atoms with Gasteiger partial charge in [0.05, 0.1) is 20.8 Å². The molecule has 0 spiro atoms. The first kappa shape index (κ1) is 19.4. The van der Waals surface area contributed by atoms with Crippen molar-refractivity contribution in [2.45, 2.75) is 13.3 Å². The molecule has 0 heterocycles. The standard InChI is InChI=1S/C20H27N3O3/c1-5-26-18-11-8-16(14-19(18)25-4)23-20(21-2)22-13-12-15-6-9-17(24-3)10-7-15/h6-11,14H,5,12-13H2,1-4H3,(H2,21,22,23). The summed E-state index contributed by atoms with van der Waals surface area (Å²) in [4.78, 5) is 4.26. The molecule has 0 radical (unpaired) electrons. The number of hydrogen-bond donors (Lipinski definition) is 2. The van der Waals surface area contributed by atoms with Crippen molar-refractivity contribution in [3.8, 4) is 17.2 Å². The number of hydrogen-bond acceptors (Lipinski definition) is 4. The third kappa shape index (κ3) is 5.58. The van der Waals surface area contributed by atoms with Gasteiger partial charge >= 0.3 is 0 Å². The van der Waals surface area contributed by atoms with E-state index in [0.717, 1.165) is 30.2 Å². The number of rotatable bonds is 8. The molecule has 0 unspecified atom stereocenters. The lowest BCUT2D eigenvalue weighted by Crippen LogP contribution is -2.32.